The zero-order valence-corrected chi connectivity index (χ0v) is 20.4. The fourth-order valence-electron chi connectivity index (χ4n) is 4.35. The first-order chi connectivity index (χ1) is 17.2. The molecule has 0 spiro atoms. The Bertz CT molecular complexity index is 1400. The van der Waals surface area contributed by atoms with E-state index in [4.69, 9.17) is 10.00 Å². The van der Waals surface area contributed by atoms with E-state index in [-0.39, 0.29) is 11.5 Å². The number of rotatable bonds is 8. The lowest BCUT2D eigenvalue weighted by Crippen LogP contribution is -2.37. The van der Waals surface area contributed by atoms with Crippen molar-refractivity contribution < 1.29 is 9.53 Å². The van der Waals surface area contributed by atoms with Gasteiger partial charge < -0.3 is 14.2 Å². The normalized spacial score (nSPS) is 13.8. The van der Waals surface area contributed by atoms with Gasteiger partial charge >= 0.3 is 0 Å². The van der Waals surface area contributed by atoms with Gasteiger partial charge in [-0.1, -0.05) is 42.1 Å². The molecule has 2 aromatic heterocycles. The van der Waals surface area contributed by atoms with Crippen LogP contribution in [0.2, 0.25) is 0 Å². The lowest BCUT2D eigenvalue weighted by Gasteiger charge is -2.28. The zero-order valence-electron chi connectivity index (χ0n) is 19.6. The number of hydrogen-bond donors (Lipinski definition) is 0. The molecule has 0 bridgehead atoms. The van der Waals surface area contributed by atoms with Crippen molar-refractivity contribution >= 4 is 34.4 Å². The third-order valence-corrected chi connectivity index (χ3v) is 6.98. The lowest BCUT2D eigenvalue weighted by molar-refractivity contribution is 0.102. The molecule has 0 atom stereocenters. The minimum absolute atomic E-state index is 0.0219. The molecule has 0 radical (unpaired) electrons. The Morgan fingerprint density at radius 3 is 2.77 bits per heavy atom. The number of anilines is 1. The van der Waals surface area contributed by atoms with Crippen LogP contribution in [0.15, 0.2) is 59.9 Å². The van der Waals surface area contributed by atoms with Crippen LogP contribution < -0.4 is 4.90 Å². The SMILES string of the molecule is Cc1cccc(-n2c(SCC(=O)c3cn(CCC#N)c4ccccc34)nnc2N2CCOCC2)c1. The number of Topliss-reactive ketones (excluding diaryl/α,β-unsaturated/α-hetero) is 1. The summed E-state index contributed by atoms with van der Waals surface area (Å²) >= 11 is 1.39. The molecule has 0 unspecified atom stereocenters. The van der Waals surface area contributed by atoms with Crippen LogP contribution in [0.25, 0.3) is 16.6 Å². The molecule has 0 saturated carbocycles. The van der Waals surface area contributed by atoms with E-state index in [1.165, 1.54) is 11.8 Å². The van der Waals surface area contributed by atoms with Gasteiger partial charge in [0.1, 0.15) is 0 Å². The summed E-state index contributed by atoms with van der Waals surface area (Å²) in [4.78, 5) is 15.5. The number of benzene rings is 2. The number of thioether (sulfide) groups is 1. The van der Waals surface area contributed by atoms with Gasteiger partial charge in [0.25, 0.3) is 0 Å². The van der Waals surface area contributed by atoms with Crippen LogP contribution in [-0.2, 0) is 11.3 Å². The standard InChI is InChI=1S/C26H26N6O2S/c1-19-6-4-7-20(16-19)32-25(30-12-14-34-15-13-30)28-29-26(32)35-18-24(33)22-17-31(11-5-10-27)23-9-3-2-8-21(22)23/h2-4,6-9,16-17H,5,11-15,18H2,1H3. The molecule has 178 valence electrons. The Morgan fingerprint density at radius 2 is 1.97 bits per heavy atom. The highest BCUT2D eigenvalue weighted by Gasteiger charge is 2.23. The lowest BCUT2D eigenvalue weighted by atomic mass is 10.1. The molecular weight excluding hydrogens is 460 g/mol. The Hall–Kier alpha value is -3.61. The summed E-state index contributed by atoms with van der Waals surface area (Å²) in [6.07, 6.45) is 2.26. The molecule has 1 aliphatic rings. The van der Waals surface area contributed by atoms with Crippen LogP contribution >= 0.6 is 11.8 Å². The second-order valence-electron chi connectivity index (χ2n) is 8.43. The summed E-state index contributed by atoms with van der Waals surface area (Å²) in [5.74, 6) is 1.02. The highest BCUT2D eigenvalue weighted by Crippen LogP contribution is 2.29. The molecule has 8 nitrogen and oxygen atoms in total. The molecule has 1 saturated heterocycles. The molecule has 4 aromatic rings. The van der Waals surface area contributed by atoms with Crippen LogP contribution in [-0.4, -0.2) is 57.2 Å². The summed E-state index contributed by atoms with van der Waals surface area (Å²) in [6, 6.07) is 18.2. The van der Waals surface area contributed by atoms with Crippen molar-refractivity contribution in [2.75, 3.05) is 37.0 Å². The third kappa shape index (κ3) is 4.81. The highest BCUT2D eigenvalue weighted by molar-refractivity contribution is 7.99. The summed E-state index contributed by atoms with van der Waals surface area (Å²) in [6.45, 7) is 5.41. The smallest absolute Gasteiger partial charge is 0.232 e. The number of fused-ring (bicyclic) bond motifs is 1. The average Bonchev–Trinajstić information content (AvgIpc) is 3.48. The van der Waals surface area contributed by atoms with E-state index in [1.807, 2.05) is 51.7 Å². The van der Waals surface area contributed by atoms with Gasteiger partial charge in [0, 0.05) is 42.3 Å². The Kier molecular flexibility index (Phi) is 6.84. The van der Waals surface area contributed by atoms with Gasteiger partial charge in [-0.2, -0.15) is 5.26 Å². The number of nitriles is 1. The number of para-hydroxylation sites is 1. The van der Waals surface area contributed by atoms with Crippen molar-refractivity contribution in [2.24, 2.45) is 0 Å². The topological polar surface area (TPSA) is 89.0 Å². The summed E-state index contributed by atoms with van der Waals surface area (Å²) < 4.78 is 9.54. The van der Waals surface area contributed by atoms with Gasteiger partial charge in [-0.05, 0) is 30.7 Å². The third-order valence-electron chi connectivity index (χ3n) is 6.06. The Labute approximate surface area is 208 Å². The van der Waals surface area contributed by atoms with Crippen molar-refractivity contribution in [3.8, 4) is 11.8 Å². The van der Waals surface area contributed by atoms with E-state index in [0.717, 1.165) is 41.2 Å². The van der Waals surface area contributed by atoms with E-state index in [0.29, 0.717) is 36.9 Å². The van der Waals surface area contributed by atoms with Gasteiger partial charge in [0.05, 0.1) is 37.1 Å². The second kappa shape index (κ2) is 10.3. The molecule has 0 aliphatic carbocycles. The van der Waals surface area contributed by atoms with Crippen molar-refractivity contribution in [2.45, 2.75) is 25.0 Å². The van der Waals surface area contributed by atoms with Crippen molar-refractivity contribution in [1.82, 2.24) is 19.3 Å². The molecule has 9 heteroatoms. The number of carbonyl (C=O) groups excluding carboxylic acids is 1. The first-order valence-electron chi connectivity index (χ1n) is 11.6. The fourth-order valence-corrected chi connectivity index (χ4v) is 5.18. The maximum atomic E-state index is 13.3. The molecule has 2 aromatic carbocycles. The number of aryl methyl sites for hydroxylation is 2. The number of morpholine rings is 1. The maximum Gasteiger partial charge on any atom is 0.232 e. The van der Waals surface area contributed by atoms with Gasteiger partial charge in [0.15, 0.2) is 10.9 Å². The van der Waals surface area contributed by atoms with E-state index in [9.17, 15) is 4.79 Å². The predicted molar refractivity (Wildman–Crippen MR) is 136 cm³/mol. The minimum Gasteiger partial charge on any atom is -0.378 e. The first-order valence-corrected chi connectivity index (χ1v) is 12.6. The number of aromatic nitrogens is 4. The largest absolute Gasteiger partial charge is 0.378 e. The fraction of sp³-hybridized carbons (Fsp3) is 0.308. The maximum absolute atomic E-state index is 13.3. The first kappa shape index (κ1) is 23.1. The summed E-state index contributed by atoms with van der Waals surface area (Å²) in [7, 11) is 0. The number of nitrogens with zero attached hydrogens (tertiary/aromatic N) is 6. The average molecular weight is 487 g/mol. The predicted octanol–water partition coefficient (Wildman–Crippen LogP) is 4.26. The van der Waals surface area contributed by atoms with E-state index in [1.54, 1.807) is 0 Å². The van der Waals surface area contributed by atoms with Crippen molar-refractivity contribution in [1.29, 1.82) is 5.26 Å². The Balaban J connectivity index is 1.44. The molecule has 35 heavy (non-hydrogen) atoms. The van der Waals surface area contributed by atoms with Crippen LogP contribution in [0.4, 0.5) is 5.95 Å². The van der Waals surface area contributed by atoms with Gasteiger partial charge in [0.2, 0.25) is 5.95 Å². The zero-order chi connectivity index (χ0) is 24.2. The van der Waals surface area contributed by atoms with Crippen LogP contribution in [0.3, 0.4) is 0 Å². The second-order valence-corrected chi connectivity index (χ2v) is 9.37. The summed E-state index contributed by atoms with van der Waals surface area (Å²) in [5.41, 5.74) is 3.75. The molecule has 3 heterocycles. The van der Waals surface area contributed by atoms with Crippen molar-refractivity contribution in [3.63, 3.8) is 0 Å². The Morgan fingerprint density at radius 1 is 1.14 bits per heavy atom. The molecule has 0 amide bonds. The van der Waals surface area contributed by atoms with Gasteiger partial charge in [-0.15, -0.1) is 10.2 Å². The number of hydrogen-bond acceptors (Lipinski definition) is 7. The summed E-state index contributed by atoms with van der Waals surface area (Å²) in [5, 5.41) is 19.6. The van der Waals surface area contributed by atoms with Crippen LogP contribution in [0.5, 0.6) is 0 Å². The van der Waals surface area contributed by atoms with Gasteiger partial charge in [-0.25, -0.2) is 0 Å². The van der Waals surface area contributed by atoms with E-state index < -0.39 is 0 Å². The van der Waals surface area contributed by atoms with E-state index in [2.05, 4.69) is 40.2 Å². The van der Waals surface area contributed by atoms with Gasteiger partial charge in [-0.3, -0.25) is 9.36 Å². The molecule has 5 rings (SSSR count). The van der Waals surface area contributed by atoms with Crippen LogP contribution in [0.1, 0.15) is 22.3 Å². The molecular formula is C26H26N6O2S. The van der Waals surface area contributed by atoms with E-state index >= 15 is 0 Å². The minimum atomic E-state index is 0.0219. The quantitative estimate of drug-likeness (QED) is 0.272. The number of ketones is 1. The van der Waals surface area contributed by atoms with Crippen molar-refractivity contribution in [3.05, 3.63) is 65.9 Å². The molecule has 1 aliphatic heterocycles. The molecule has 1 fully saturated rings. The highest BCUT2D eigenvalue weighted by atomic mass is 32.2. The number of carbonyl (C=O) groups is 1. The number of ether oxygens (including phenoxy) is 1. The molecule has 0 N–H and O–H groups in total. The monoisotopic (exact) mass is 486 g/mol. The van der Waals surface area contributed by atoms with Crippen LogP contribution in [0, 0.1) is 18.3 Å².